The molecule has 0 bridgehead atoms. The van der Waals surface area contributed by atoms with E-state index in [2.05, 4.69) is 0 Å². The Morgan fingerprint density at radius 1 is 0.828 bits per heavy atom. The van der Waals surface area contributed by atoms with Crippen molar-refractivity contribution >= 4 is 10.8 Å². The van der Waals surface area contributed by atoms with Gasteiger partial charge in [0, 0.05) is 42.1 Å². The summed E-state index contributed by atoms with van der Waals surface area (Å²) in [6.07, 6.45) is -0.692. The number of aryl methyl sites for hydroxylation is 2. The minimum Gasteiger partial charge on any atom is -0.200 e. The maximum atomic E-state index is 13.7. The van der Waals surface area contributed by atoms with Gasteiger partial charge in [-0.3, -0.25) is 0 Å². The van der Waals surface area contributed by atoms with Crippen molar-refractivity contribution in [2.24, 2.45) is 7.05 Å². The topological polar surface area (TPSA) is 7.76 Å². The molecule has 0 atom stereocenters. The van der Waals surface area contributed by atoms with Gasteiger partial charge in [-0.05, 0) is 24.4 Å². The molecule has 2 heterocycles. The Labute approximate surface area is 167 Å². The van der Waals surface area contributed by atoms with Crippen LogP contribution in [0.3, 0.4) is 0 Å². The van der Waals surface area contributed by atoms with Gasteiger partial charge in [0.1, 0.15) is 7.05 Å². The molecule has 146 valence electrons. The molecule has 0 saturated heterocycles. The fourth-order valence-electron chi connectivity index (χ4n) is 3.73. The van der Waals surface area contributed by atoms with Crippen LogP contribution in [-0.2, 0) is 13.2 Å². The van der Waals surface area contributed by atoms with Gasteiger partial charge in [0.2, 0.25) is 11.4 Å². The summed E-state index contributed by atoms with van der Waals surface area (Å²) in [6.45, 7) is 3.76. The third-order valence-corrected chi connectivity index (χ3v) is 5.31. The zero-order chi connectivity index (χ0) is 20.8. The first-order chi connectivity index (χ1) is 13.8. The van der Waals surface area contributed by atoms with Crippen LogP contribution in [0.15, 0.2) is 73.1 Å². The second kappa shape index (κ2) is 6.99. The second-order valence-corrected chi connectivity index (χ2v) is 7.28. The first-order valence-corrected chi connectivity index (χ1v) is 9.34. The highest BCUT2D eigenvalue weighted by Crippen LogP contribution is 2.35. The van der Waals surface area contributed by atoms with E-state index in [9.17, 15) is 13.2 Å². The van der Waals surface area contributed by atoms with E-state index in [1.54, 1.807) is 10.8 Å². The summed E-state index contributed by atoms with van der Waals surface area (Å²) in [7, 11) is 1.86. The molecule has 29 heavy (non-hydrogen) atoms. The highest BCUT2D eigenvalue weighted by Gasteiger charge is 2.35. The summed E-state index contributed by atoms with van der Waals surface area (Å²) in [5.41, 5.74) is 2.84. The van der Waals surface area contributed by atoms with Crippen LogP contribution >= 0.6 is 0 Å². The number of alkyl halides is 3. The highest BCUT2D eigenvalue weighted by atomic mass is 19.4. The van der Waals surface area contributed by atoms with Crippen LogP contribution in [-0.4, -0.2) is 0 Å². The molecule has 2 aromatic heterocycles. The maximum Gasteiger partial charge on any atom is 0.416 e. The van der Waals surface area contributed by atoms with Gasteiger partial charge in [-0.15, -0.1) is 0 Å². The number of rotatable bonds is 2. The Bertz CT molecular complexity index is 1230. The van der Waals surface area contributed by atoms with Crippen molar-refractivity contribution in [3.8, 4) is 16.9 Å². The fourth-order valence-corrected chi connectivity index (χ4v) is 3.73. The molecule has 4 rings (SSSR count). The summed E-state index contributed by atoms with van der Waals surface area (Å²) in [5.74, 6) is 0. The summed E-state index contributed by atoms with van der Waals surface area (Å²) in [6, 6.07) is 17.9. The molecule has 5 heteroatoms. The summed E-state index contributed by atoms with van der Waals surface area (Å²) < 4.78 is 44.9. The number of hydrogen-bond donors (Lipinski definition) is 0. The van der Waals surface area contributed by atoms with Crippen molar-refractivity contribution in [1.82, 2.24) is 0 Å². The molecule has 0 spiro atoms. The van der Waals surface area contributed by atoms with Crippen LogP contribution in [0.1, 0.15) is 16.8 Å². The van der Waals surface area contributed by atoms with E-state index in [1.165, 1.54) is 12.1 Å². The first kappa shape index (κ1) is 19.1. The van der Waals surface area contributed by atoms with Gasteiger partial charge in [-0.25, -0.2) is 4.57 Å². The molecule has 0 unspecified atom stereocenters. The van der Waals surface area contributed by atoms with Gasteiger partial charge in [-0.1, -0.05) is 24.3 Å². The van der Waals surface area contributed by atoms with Crippen LogP contribution in [0.5, 0.6) is 0 Å². The van der Waals surface area contributed by atoms with Crippen molar-refractivity contribution in [3.63, 3.8) is 0 Å². The average molecular weight is 394 g/mol. The highest BCUT2D eigenvalue weighted by molar-refractivity contribution is 5.84. The predicted octanol–water partition coefficient (Wildman–Crippen LogP) is 5.24. The largest absolute Gasteiger partial charge is 0.416 e. The van der Waals surface area contributed by atoms with E-state index in [0.29, 0.717) is 11.3 Å². The molecule has 0 aliphatic heterocycles. The van der Waals surface area contributed by atoms with Crippen molar-refractivity contribution in [3.05, 3.63) is 89.9 Å². The van der Waals surface area contributed by atoms with Crippen LogP contribution in [0.25, 0.3) is 27.7 Å². The average Bonchev–Trinajstić information content (AvgIpc) is 2.67. The molecule has 0 N–H and O–H groups in total. The lowest BCUT2D eigenvalue weighted by molar-refractivity contribution is -0.659. The van der Waals surface area contributed by atoms with Crippen LogP contribution in [0, 0.1) is 13.8 Å². The molecule has 4 aromatic rings. The third-order valence-electron chi connectivity index (χ3n) is 5.31. The molecule has 2 aromatic carbocycles. The van der Waals surface area contributed by atoms with E-state index >= 15 is 0 Å². The van der Waals surface area contributed by atoms with Crippen molar-refractivity contribution in [2.45, 2.75) is 20.0 Å². The molecule has 0 amide bonds. The Balaban J connectivity index is 2.05. The molecular formula is C24H21F3N2+2. The SMILES string of the molecule is Cc1c(-c2cc3ccccc3c[n+]2C)cc(C(F)(F)F)cc1-[n+]1ccccc1C. The fraction of sp³-hybridized carbons (Fsp3) is 0.167. The molecule has 0 aliphatic rings. The van der Waals surface area contributed by atoms with Crippen LogP contribution in [0.2, 0.25) is 0 Å². The molecule has 0 fully saturated rings. The standard InChI is InChI=1S/C24H21F3N2/c1-16-8-6-7-11-29(16)22-14-20(24(25,26)27)13-21(17(22)2)23-12-18-9-4-5-10-19(18)15-28(23)3/h4-15H,1-3H3/q+2. The second-order valence-electron chi connectivity index (χ2n) is 7.28. The summed E-state index contributed by atoms with van der Waals surface area (Å²) in [4.78, 5) is 0. The zero-order valence-electron chi connectivity index (χ0n) is 16.5. The minimum atomic E-state index is -4.43. The monoisotopic (exact) mass is 394 g/mol. The molecule has 0 radical (unpaired) electrons. The number of benzene rings is 2. The van der Waals surface area contributed by atoms with Crippen molar-refractivity contribution < 1.29 is 22.3 Å². The number of hydrogen-bond acceptors (Lipinski definition) is 0. The molecule has 0 aliphatic carbocycles. The number of fused-ring (bicyclic) bond motifs is 1. The van der Waals surface area contributed by atoms with Crippen molar-refractivity contribution in [2.75, 3.05) is 0 Å². The Kier molecular flexibility index (Phi) is 4.61. The van der Waals surface area contributed by atoms with Gasteiger partial charge < -0.3 is 0 Å². The zero-order valence-corrected chi connectivity index (χ0v) is 16.5. The lowest BCUT2D eigenvalue weighted by atomic mass is 9.97. The first-order valence-electron chi connectivity index (χ1n) is 9.34. The van der Waals surface area contributed by atoms with E-state index in [-0.39, 0.29) is 0 Å². The third kappa shape index (κ3) is 3.48. The smallest absolute Gasteiger partial charge is 0.200 e. The number of aromatic nitrogens is 2. The van der Waals surface area contributed by atoms with E-state index in [0.717, 1.165) is 27.7 Å². The Hall–Kier alpha value is -3.21. The maximum absolute atomic E-state index is 13.7. The number of halogens is 3. The molecule has 2 nitrogen and oxygen atoms in total. The Morgan fingerprint density at radius 2 is 1.52 bits per heavy atom. The van der Waals surface area contributed by atoms with Gasteiger partial charge in [0.15, 0.2) is 18.1 Å². The van der Waals surface area contributed by atoms with Crippen LogP contribution < -0.4 is 9.13 Å². The predicted molar refractivity (Wildman–Crippen MR) is 107 cm³/mol. The molecule has 0 saturated carbocycles. The van der Waals surface area contributed by atoms with E-state index in [1.807, 2.05) is 80.2 Å². The Morgan fingerprint density at radius 3 is 2.21 bits per heavy atom. The number of nitrogens with zero attached hydrogens (tertiary/aromatic N) is 2. The lowest BCUT2D eigenvalue weighted by Gasteiger charge is -2.13. The summed E-state index contributed by atoms with van der Waals surface area (Å²) >= 11 is 0. The van der Waals surface area contributed by atoms with E-state index < -0.39 is 11.7 Å². The lowest BCUT2D eigenvalue weighted by Crippen LogP contribution is -2.36. The minimum absolute atomic E-state index is 0.529. The number of pyridine rings is 2. The van der Waals surface area contributed by atoms with Gasteiger partial charge in [0.05, 0.1) is 11.1 Å². The summed E-state index contributed by atoms with van der Waals surface area (Å²) in [5, 5.41) is 2.03. The van der Waals surface area contributed by atoms with E-state index in [4.69, 9.17) is 0 Å². The van der Waals surface area contributed by atoms with Crippen molar-refractivity contribution in [1.29, 1.82) is 0 Å². The van der Waals surface area contributed by atoms with Gasteiger partial charge in [0.25, 0.3) is 0 Å². The normalized spacial score (nSPS) is 11.8. The van der Waals surface area contributed by atoms with Crippen LogP contribution in [0.4, 0.5) is 13.2 Å². The molecular weight excluding hydrogens is 373 g/mol. The quantitative estimate of drug-likeness (QED) is 0.411. The van der Waals surface area contributed by atoms with Gasteiger partial charge in [-0.2, -0.15) is 17.7 Å². The van der Waals surface area contributed by atoms with Gasteiger partial charge >= 0.3 is 6.18 Å².